The SMILES string of the molecule is CCOC(=O)C1=C(C)NC2=C(C(=O)CSC2)C1c1ccc(Cl)cc1Cl. The van der Waals surface area contributed by atoms with E-state index in [1.165, 1.54) is 0 Å². The zero-order valence-corrected chi connectivity index (χ0v) is 16.1. The lowest BCUT2D eigenvalue weighted by Gasteiger charge is -2.34. The van der Waals surface area contributed by atoms with Crippen LogP contribution in [0.15, 0.2) is 40.7 Å². The van der Waals surface area contributed by atoms with Gasteiger partial charge in [0, 0.05) is 38.7 Å². The van der Waals surface area contributed by atoms with Crippen LogP contribution >= 0.6 is 35.0 Å². The zero-order valence-electron chi connectivity index (χ0n) is 13.8. The van der Waals surface area contributed by atoms with Crippen LogP contribution in [0.5, 0.6) is 0 Å². The van der Waals surface area contributed by atoms with E-state index in [2.05, 4.69) is 5.32 Å². The van der Waals surface area contributed by atoms with Crippen LogP contribution in [0.25, 0.3) is 0 Å². The van der Waals surface area contributed by atoms with Crippen LogP contribution in [0.2, 0.25) is 10.0 Å². The number of allylic oxidation sites excluding steroid dienone is 2. The van der Waals surface area contributed by atoms with E-state index in [-0.39, 0.29) is 12.4 Å². The maximum atomic E-state index is 12.7. The first-order valence-electron chi connectivity index (χ1n) is 7.87. The Morgan fingerprint density at radius 3 is 2.80 bits per heavy atom. The van der Waals surface area contributed by atoms with Gasteiger partial charge in [-0.1, -0.05) is 29.3 Å². The molecule has 0 aliphatic carbocycles. The third kappa shape index (κ3) is 3.46. The summed E-state index contributed by atoms with van der Waals surface area (Å²) in [5.41, 5.74) is 3.22. The summed E-state index contributed by atoms with van der Waals surface area (Å²) < 4.78 is 5.24. The maximum absolute atomic E-state index is 12.7. The largest absolute Gasteiger partial charge is 0.463 e. The van der Waals surface area contributed by atoms with Gasteiger partial charge >= 0.3 is 5.97 Å². The second-order valence-corrected chi connectivity index (χ2v) is 7.62. The Kier molecular flexibility index (Phi) is 5.46. The molecule has 7 heteroatoms. The second-order valence-electron chi connectivity index (χ2n) is 5.79. The number of hydrogen-bond donors (Lipinski definition) is 1. The Morgan fingerprint density at radius 2 is 2.12 bits per heavy atom. The van der Waals surface area contributed by atoms with Gasteiger partial charge in [0.25, 0.3) is 0 Å². The molecule has 1 atom stereocenters. The molecular weight excluding hydrogens is 381 g/mol. The van der Waals surface area contributed by atoms with Gasteiger partial charge in [-0.05, 0) is 31.5 Å². The van der Waals surface area contributed by atoms with Crippen molar-refractivity contribution in [2.24, 2.45) is 0 Å². The third-order valence-electron chi connectivity index (χ3n) is 4.19. The minimum atomic E-state index is -0.548. The first-order valence-corrected chi connectivity index (χ1v) is 9.79. The molecule has 0 bridgehead atoms. The highest BCUT2D eigenvalue weighted by Gasteiger charge is 2.40. The fourth-order valence-electron chi connectivity index (χ4n) is 3.19. The van der Waals surface area contributed by atoms with Crippen molar-refractivity contribution in [3.63, 3.8) is 0 Å². The van der Waals surface area contributed by atoms with Crippen molar-refractivity contribution in [1.29, 1.82) is 0 Å². The smallest absolute Gasteiger partial charge is 0.336 e. The van der Waals surface area contributed by atoms with E-state index in [4.69, 9.17) is 27.9 Å². The summed E-state index contributed by atoms with van der Waals surface area (Å²) in [5, 5.41) is 4.14. The van der Waals surface area contributed by atoms with E-state index in [9.17, 15) is 9.59 Å². The summed E-state index contributed by atoms with van der Waals surface area (Å²) in [7, 11) is 0. The minimum Gasteiger partial charge on any atom is -0.463 e. The quantitative estimate of drug-likeness (QED) is 0.778. The molecule has 1 N–H and O–H groups in total. The van der Waals surface area contributed by atoms with Crippen LogP contribution in [0.3, 0.4) is 0 Å². The number of ether oxygens (including phenoxy) is 1. The van der Waals surface area contributed by atoms with Crippen LogP contribution in [-0.4, -0.2) is 29.9 Å². The van der Waals surface area contributed by atoms with E-state index in [0.29, 0.717) is 44.0 Å². The number of dihydropyridines is 1. The number of rotatable bonds is 3. The highest BCUT2D eigenvalue weighted by molar-refractivity contribution is 8.00. The van der Waals surface area contributed by atoms with Gasteiger partial charge in [-0.2, -0.15) is 0 Å². The highest BCUT2D eigenvalue weighted by Crippen LogP contribution is 2.44. The molecule has 1 aromatic rings. The predicted molar refractivity (Wildman–Crippen MR) is 101 cm³/mol. The fourth-order valence-corrected chi connectivity index (χ4v) is 4.58. The molecule has 0 amide bonds. The van der Waals surface area contributed by atoms with Crippen LogP contribution in [0.4, 0.5) is 0 Å². The van der Waals surface area contributed by atoms with E-state index in [1.807, 2.05) is 6.92 Å². The van der Waals surface area contributed by atoms with Crippen molar-refractivity contribution in [1.82, 2.24) is 5.32 Å². The van der Waals surface area contributed by atoms with Crippen LogP contribution in [0, 0.1) is 0 Å². The van der Waals surface area contributed by atoms with Gasteiger partial charge in [0.05, 0.1) is 17.9 Å². The Morgan fingerprint density at radius 1 is 1.36 bits per heavy atom. The van der Waals surface area contributed by atoms with Crippen molar-refractivity contribution in [2.45, 2.75) is 19.8 Å². The van der Waals surface area contributed by atoms with Crippen LogP contribution in [0.1, 0.15) is 25.3 Å². The number of carbonyl (C=O) groups is 2. The molecule has 4 nitrogen and oxygen atoms in total. The van der Waals surface area contributed by atoms with Gasteiger partial charge in [0.1, 0.15) is 0 Å². The van der Waals surface area contributed by atoms with Crippen molar-refractivity contribution in [2.75, 3.05) is 18.1 Å². The monoisotopic (exact) mass is 397 g/mol. The number of esters is 1. The number of nitrogens with one attached hydrogen (secondary N) is 1. The molecule has 2 heterocycles. The molecule has 1 unspecified atom stereocenters. The van der Waals surface area contributed by atoms with E-state index in [0.717, 1.165) is 5.70 Å². The Labute approximate surface area is 160 Å². The van der Waals surface area contributed by atoms with Gasteiger partial charge in [-0.15, -0.1) is 11.8 Å². The summed E-state index contributed by atoms with van der Waals surface area (Å²) in [5.74, 6) is 0.0896. The lowest BCUT2D eigenvalue weighted by molar-refractivity contribution is -0.138. The van der Waals surface area contributed by atoms with E-state index in [1.54, 1.807) is 36.9 Å². The molecule has 0 saturated carbocycles. The number of ketones is 1. The summed E-state index contributed by atoms with van der Waals surface area (Å²) in [4.78, 5) is 25.3. The maximum Gasteiger partial charge on any atom is 0.336 e. The van der Waals surface area contributed by atoms with Gasteiger partial charge in [0.15, 0.2) is 5.78 Å². The number of carbonyl (C=O) groups excluding carboxylic acids is 2. The molecule has 0 fully saturated rings. The molecule has 0 radical (unpaired) electrons. The van der Waals surface area contributed by atoms with Crippen molar-refractivity contribution >= 4 is 46.7 Å². The predicted octanol–water partition coefficient (Wildman–Crippen LogP) is 4.09. The molecule has 0 saturated heterocycles. The van der Waals surface area contributed by atoms with Crippen LogP contribution in [-0.2, 0) is 14.3 Å². The second kappa shape index (κ2) is 7.44. The average Bonchev–Trinajstić information content (AvgIpc) is 2.54. The number of Topliss-reactive ketones (excluding diaryl/α,β-unsaturated/α-hetero) is 1. The first kappa shape index (κ1) is 18.4. The van der Waals surface area contributed by atoms with Gasteiger partial charge in [-0.25, -0.2) is 4.79 Å². The minimum absolute atomic E-state index is 0.00376. The summed E-state index contributed by atoms with van der Waals surface area (Å²) in [6.45, 7) is 3.82. The topological polar surface area (TPSA) is 55.4 Å². The number of benzene rings is 1. The number of thioether (sulfide) groups is 1. The standard InChI is InChI=1S/C18H17Cl2NO3S/c1-3-24-18(23)15-9(2)21-13-7-25-8-14(22)17(13)16(15)11-5-4-10(19)6-12(11)20/h4-6,16,21H,3,7-8H2,1-2H3. The first-order chi connectivity index (χ1) is 11.9. The van der Waals surface area contributed by atoms with Crippen LogP contribution < -0.4 is 5.32 Å². The third-order valence-corrected chi connectivity index (χ3v) is 5.72. The summed E-state index contributed by atoms with van der Waals surface area (Å²) in [6, 6.07) is 5.11. The summed E-state index contributed by atoms with van der Waals surface area (Å²) in [6.07, 6.45) is 0. The molecule has 2 aliphatic heterocycles. The lowest BCUT2D eigenvalue weighted by atomic mass is 9.79. The Hall–Kier alpha value is -1.43. The molecular formula is C18H17Cl2NO3S. The normalized spacial score (nSPS) is 20.3. The highest BCUT2D eigenvalue weighted by atomic mass is 35.5. The Bertz CT molecular complexity index is 817. The van der Waals surface area contributed by atoms with Crippen molar-refractivity contribution < 1.29 is 14.3 Å². The van der Waals surface area contributed by atoms with E-state index < -0.39 is 11.9 Å². The zero-order chi connectivity index (χ0) is 18.1. The van der Waals surface area contributed by atoms with Gasteiger partial charge < -0.3 is 10.1 Å². The van der Waals surface area contributed by atoms with Crippen molar-refractivity contribution in [3.05, 3.63) is 56.3 Å². The number of halogens is 2. The number of hydrogen-bond acceptors (Lipinski definition) is 5. The van der Waals surface area contributed by atoms with E-state index >= 15 is 0 Å². The lowest BCUT2D eigenvalue weighted by Crippen LogP contribution is -2.36. The molecule has 3 rings (SSSR count). The molecule has 132 valence electrons. The van der Waals surface area contributed by atoms with Gasteiger partial charge in [-0.3, -0.25) is 4.79 Å². The molecule has 25 heavy (non-hydrogen) atoms. The molecule has 2 aliphatic rings. The molecule has 0 spiro atoms. The average molecular weight is 398 g/mol. The van der Waals surface area contributed by atoms with Crippen molar-refractivity contribution in [3.8, 4) is 0 Å². The fraction of sp³-hybridized carbons (Fsp3) is 0.333. The van der Waals surface area contributed by atoms with Gasteiger partial charge in [0.2, 0.25) is 0 Å². The Balaban J connectivity index is 2.20. The summed E-state index contributed by atoms with van der Waals surface area (Å²) >= 11 is 14.0. The molecule has 1 aromatic carbocycles. The molecule has 0 aromatic heterocycles.